The summed E-state index contributed by atoms with van der Waals surface area (Å²) in [6.07, 6.45) is 10.9. The summed E-state index contributed by atoms with van der Waals surface area (Å²) in [5.74, 6) is 0. The first-order valence-corrected chi connectivity index (χ1v) is 11.1. The van der Waals surface area contributed by atoms with Crippen LogP contribution in [0.5, 0.6) is 0 Å². The first-order valence-electron chi connectivity index (χ1n) is 8.55. The predicted molar refractivity (Wildman–Crippen MR) is 95.6 cm³/mol. The Morgan fingerprint density at radius 1 is 0.952 bits per heavy atom. The smallest absolute Gasteiger partial charge is 0.0694 e. The second-order valence-electron chi connectivity index (χ2n) is 7.23. The van der Waals surface area contributed by atoms with Crippen molar-refractivity contribution in [1.82, 2.24) is 0 Å². The van der Waals surface area contributed by atoms with Crippen LogP contribution in [0.1, 0.15) is 52.4 Å². The third-order valence-electron chi connectivity index (χ3n) is 5.82. The zero-order valence-electron chi connectivity index (χ0n) is 13.8. The van der Waals surface area contributed by atoms with Gasteiger partial charge in [-0.3, -0.25) is 0 Å². The van der Waals surface area contributed by atoms with Crippen molar-refractivity contribution in [3.8, 4) is 0 Å². The lowest BCUT2D eigenvalue weighted by molar-refractivity contribution is 0.494. The second-order valence-corrected chi connectivity index (χ2v) is 11.6. The van der Waals surface area contributed by atoms with E-state index in [4.69, 9.17) is 0 Å². The van der Waals surface area contributed by atoms with Crippen molar-refractivity contribution in [2.24, 2.45) is 0 Å². The summed E-state index contributed by atoms with van der Waals surface area (Å²) in [6, 6.07) is 11.5. The monoisotopic (exact) mass is 296 g/mol. The summed E-state index contributed by atoms with van der Waals surface area (Å²) in [4.78, 5) is 0. The normalized spacial score (nSPS) is 23.1. The van der Waals surface area contributed by atoms with E-state index in [1.54, 1.807) is 16.3 Å². The molecule has 1 heteroatoms. The van der Waals surface area contributed by atoms with Gasteiger partial charge >= 0.3 is 0 Å². The summed E-state index contributed by atoms with van der Waals surface area (Å²) >= 11 is 0. The molecule has 2 aliphatic carbocycles. The van der Waals surface area contributed by atoms with Gasteiger partial charge in [0, 0.05) is 0 Å². The average molecular weight is 297 g/mol. The van der Waals surface area contributed by atoms with Gasteiger partial charge in [0.1, 0.15) is 8.07 Å². The molecular weight excluding hydrogens is 268 g/mol. The minimum atomic E-state index is -1.57. The van der Waals surface area contributed by atoms with Gasteiger partial charge in [-0.05, 0) is 25.8 Å². The Kier molecular flexibility index (Phi) is 4.21. The molecule has 3 rings (SSSR count). The second kappa shape index (κ2) is 5.96. The zero-order chi connectivity index (χ0) is 14.9. The highest BCUT2D eigenvalue weighted by molar-refractivity contribution is 6.98. The van der Waals surface area contributed by atoms with Crippen LogP contribution in [0.3, 0.4) is 0 Å². The maximum atomic E-state index is 2.66. The molecule has 0 saturated heterocycles. The van der Waals surface area contributed by atoms with Gasteiger partial charge in [-0.2, -0.15) is 0 Å². The van der Waals surface area contributed by atoms with Crippen LogP contribution in [-0.2, 0) is 0 Å². The van der Waals surface area contributed by atoms with Crippen molar-refractivity contribution in [2.75, 3.05) is 0 Å². The van der Waals surface area contributed by atoms with Crippen LogP contribution < -0.4 is 5.19 Å². The van der Waals surface area contributed by atoms with Crippen LogP contribution in [0.15, 0.2) is 52.8 Å². The molecule has 1 aromatic carbocycles. The highest BCUT2D eigenvalue weighted by atomic mass is 28.3. The van der Waals surface area contributed by atoms with E-state index < -0.39 is 8.07 Å². The Morgan fingerprint density at radius 2 is 1.62 bits per heavy atom. The van der Waals surface area contributed by atoms with Gasteiger partial charge in [0.15, 0.2) is 0 Å². The number of benzene rings is 1. The molecule has 0 bridgehead atoms. The van der Waals surface area contributed by atoms with Gasteiger partial charge in [-0.1, -0.05) is 96.6 Å². The lowest BCUT2D eigenvalue weighted by atomic mass is 10.0. The van der Waals surface area contributed by atoms with Crippen LogP contribution in [0, 0.1) is 0 Å². The molecule has 0 spiro atoms. The van der Waals surface area contributed by atoms with Crippen molar-refractivity contribution in [3.63, 3.8) is 0 Å². The highest BCUT2D eigenvalue weighted by Crippen LogP contribution is 2.44. The summed E-state index contributed by atoms with van der Waals surface area (Å²) in [5, 5.41) is 3.48. The number of hydrogen-bond acceptors (Lipinski definition) is 0. The molecule has 0 radical (unpaired) electrons. The van der Waals surface area contributed by atoms with Crippen LogP contribution in [-0.4, -0.2) is 8.07 Å². The van der Waals surface area contributed by atoms with Crippen molar-refractivity contribution in [2.45, 2.75) is 64.5 Å². The maximum absolute atomic E-state index is 2.66. The van der Waals surface area contributed by atoms with Gasteiger partial charge in [0.2, 0.25) is 0 Å². The predicted octanol–water partition coefficient (Wildman–Crippen LogP) is 5.51. The van der Waals surface area contributed by atoms with Gasteiger partial charge in [0.05, 0.1) is 0 Å². The Balaban J connectivity index is 2.05. The summed E-state index contributed by atoms with van der Waals surface area (Å²) < 4.78 is 0. The van der Waals surface area contributed by atoms with E-state index in [1.807, 2.05) is 5.20 Å². The number of allylic oxidation sites excluding steroid dienone is 4. The number of hydrogen-bond donors (Lipinski definition) is 0. The van der Waals surface area contributed by atoms with Crippen molar-refractivity contribution >= 4 is 13.3 Å². The molecule has 0 aliphatic heterocycles. The van der Waals surface area contributed by atoms with Gasteiger partial charge in [-0.15, -0.1) is 0 Å². The molecule has 0 aromatic heterocycles. The lowest BCUT2D eigenvalue weighted by Crippen LogP contribution is -2.51. The maximum Gasteiger partial charge on any atom is 0.114 e. The topological polar surface area (TPSA) is 0 Å². The molecule has 21 heavy (non-hydrogen) atoms. The van der Waals surface area contributed by atoms with Gasteiger partial charge < -0.3 is 0 Å². The average Bonchev–Trinajstić information content (AvgIpc) is 2.87. The molecule has 1 unspecified atom stereocenters. The molecule has 112 valence electrons. The molecular formula is C20H28Si. The van der Waals surface area contributed by atoms with E-state index in [0.717, 1.165) is 5.54 Å². The minimum Gasteiger partial charge on any atom is -0.0694 e. The molecule has 0 heterocycles. The molecule has 1 atom stereocenters. The van der Waals surface area contributed by atoms with Gasteiger partial charge in [0.25, 0.3) is 0 Å². The van der Waals surface area contributed by atoms with Crippen LogP contribution >= 0.6 is 0 Å². The van der Waals surface area contributed by atoms with Crippen molar-refractivity contribution < 1.29 is 0 Å². The fourth-order valence-corrected chi connectivity index (χ4v) is 9.94. The van der Waals surface area contributed by atoms with E-state index in [0.29, 0.717) is 0 Å². The molecule has 0 amide bonds. The fraction of sp³-hybridized carbons (Fsp3) is 0.500. The Morgan fingerprint density at radius 3 is 2.19 bits per heavy atom. The van der Waals surface area contributed by atoms with Crippen molar-refractivity contribution in [3.05, 3.63) is 52.8 Å². The molecule has 1 fully saturated rings. The van der Waals surface area contributed by atoms with E-state index in [-0.39, 0.29) is 0 Å². The molecule has 0 nitrogen and oxygen atoms in total. The largest absolute Gasteiger partial charge is 0.114 e. The Bertz CT molecular complexity index is 561. The summed E-state index contributed by atoms with van der Waals surface area (Å²) in [7, 11) is -1.57. The standard InChI is InChI=1S/C20H28Si/c1-16-14-17(2)20(15-16)21(3,18-10-6-4-7-11-18)19-12-8-5-9-13-19/h4,6-7,10-11,14,19H,5,8-9,12-13,15H2,1-3H3. The van der Waals surface area contributed by atoms with E-state index in [9.17, 15) is 0 Å². The highest BCUT2D eigenvalue weighted by Gasteiger charge is 2.43. The molecule has 2 aliphatic rings. The van der Waals surface area contributed by atoms with Crippen LogP contribution in [0.2, 0.25) is 12.1 Å². The summed E-state index contributed by atoms with van der Waals surface area (Å²) in [5.41, 5.74) is 4.09. The molecule has 1 saturated carbocycles. The van der Waals surface area contributed by atoms with Gasteiger partial charge in [-0.25, -0.2) is 0 Å². The minimum absolute atomic E-state index is 0.942. The Labute approximate surface area is 131 Å². The van der Waals surface area contributed by atoms with Crippen molar-refractivity contribution in [1.29, 1.82) is 0 Å². The van der Waals surface area contributed by atoms with Crippen LogP contribution in [0.25, 0.3) is 0 Å². The first kappa shape index (κ1) is 14.8. The molecule has 1 aromatic rings. The van der Waals surface area contributed by atoms with E-state index in [2.05, 4.69) is 56.8 Å². The SMILES string of the molecule is CC1=CC(C)=C([Si](C)(c2ccccc2)C2CCCCC2)C1. The number of rotatable bonds is 3. The fourth-order valence-electron chi connectivity index (χ4n) is 4.64. The van der Waals surface area contributed by atoms with E-state index >= 15 is 0 Å². The third-order valence-corrected chi connectivity index (χ3v) is 11.4. The molecule has 0 N–H and O–H groups in total. The lowest BCUT2D eigenvalue weighted by Gasteiger charge is -2.41. The third kappa shape index (κ3) is 2.68. The Hall–Kier alpha value is -1.08. The quantitative estimate of drug-likeness (QED) is 0.645. The van der Waals surface area contributed by atoms with Crippen LogP contribution in [0.4, 0.5) is 0 Å². The van der Waals surface area contributed by atoms with E-state index in [1.165, 1.54) is 38.5 Å². The first-order chi connectivity index (χ1) is 10.1. The zero-order valence-corrected chi connectivity index (χ0v) is 14.8. The summed E-state index contributed by atoms with van der Waals surface area (Å²) in [6.45, 7) is 7.31.